The highest BCUT2D eigenvalue weighted by Crippen LogP contribution is 2.27. The highest BCUT2D eigenvalue weighted by Gasteiger charge is 2.29. The van der Waals surface area contributed by atoms with E-state index in [2.05, 4.69) is 73.5 Å². The van der Waals surface area contributed by atoms with E-state index in [0.717, 1.165) is 13.1 Å². The molecule has 1 fully saturated rings. The summed E-state index contributed by atoms with van der Waals surface area (Å²) in [7, 11) is 0. The third kappa shape index (κ3) is 2.91. The predicted molar refractivity (Wildman–Crippen MR) is 92.0 cm³/mol. The molecule has 3 rings (SSSR count). The number of benzene rings is 2. The first-order valence-electron chi connectivity index (χ1n) is 8.18. The Hall–Kier alpha value is -1.54. The molecular weight excluding hydrogens is 256 g/mol. The smallest absolute Gasteiger partial charge is 0.0438 e. The molecule has 0 spiro atoms. The second-order valence-corrected chi connectivity index (χ2v) is 6.51. The van der Waals surface area contributed by atoms with Crippen LogP contribution in [0.1, 0.15) is 27.2 Å². The summed E-state index contributed by atoms with van der Waals surface area (Å²) in [5.41, 5.74) is 1.37. The van der Waals surface area contributed by atoms with E-state index in [-0.39, 0.29) is 0 Å². The zero-order chi connectivity index (χ0) is 14.8. The van der Waals surface area contributed by atoms with Gasteiger partial charge < -0.3 is 10.2 Å². The van der Waals surface area contributed by atoms with Crippen LogP contribution in [0.3, 0.4) is 0 Å². The van der Waals surface area contributed by atoms with Crippen LogP contribution in [0.25, 0.3) is 10.8 Å². The summed E-state index contributed by atoms with van der Waals surface area (Å²) < 4.78 is 0. The fourth-order valence-corrected chi connectivity index (χ4v) is 3.36. The van der Waals surface area contributed by atoms with Gasteiger partial charge in [0, 0.05) is 30.9 Å². The first kappa shape index (κ1) is 14.4. The third-order valence-corrected chi connectivity index (χ3v) is 4.76. The molecule has 1 aliphatic heterocycles. The van der Waals surface area contributed by atoms with Crippen LogP contribution >= 0.6 is 0 Å². The molecule has 1 saturated heterocycles. The minimum absolute atomic E-state index is 0.578. The van der Waals surface area contributed by atoms with Crippen molar-refractivity contribution >= 4 is 16.5 Å². The second-order valence-electron chi connectivity index (χ2n) is 6.51. The molecule has 0 aromatic heterocycles. The lowest BCUT2D eigenvalue weighted by atomic mass is 9.96. The molecule has 112 valence electrons. The summed E-state index contributed by atoms with van der Waals surface area (Å²) in [6.07, 6.45) is 1.19. The van der Waals surface area contributed by atoms with Gasteiger partial charge in [-0.1, -0.05) is 51.1 Å². The van der Waals surface area contributed by atoms with Gasteiger partial charge in [-0.25, -0.2) is 0 Å². The van der Waals surface area contributed by atoms with E-state index in [1.807, 2.05) is 0 Å². The molecule has 2 nitrogen and oxygen atoms in total. The van der Waals surface area contributed by atoms with Crippen molar-refractivity contribution in [2.75, 3.05) is 18.0 Å². The number of piperazine rings is 1. The van der Waals surface area contributed by atoms with Gasteiger partial charge in [0.1, 0.15) is 0 Å². The molecule has 0 aliphatic carbocycles. The highest BCUT2D eigenvalue weighted by atomic mass is 15.2. The van der Waals surface area contributed by atoms with Crippen molar-refractivity contribution < 1.29 is 0 Å². The molecule has 0 bridgehead atoms. The van der Waals surface area contributed by atoms with Crippen molar-refractivity contribution in [3.05, 3.63) is 42.5 Å². The summed E-state index contributed by atoms with van der Waals surface area (Å²) in [6.45, 7) is 9.12. The maximum absolute atomic E-state index is 3.70. The highest BCUT2D eigenvalue weighted by molar-refractivity contribution is 5.85. The van der Waals surface area contributed by atoms with E-state index in [9.17, 15) is 0 Å². The van der Waals surface area contributed by atoms with Gasteiger partial charge in [-0.3, -0.25) is 0 Å². The van der Waals surface area contributed by atoms with Crippen molar-refractivity contribution in [1.82, 2.24) is 5.32 Å². The maximum Gasteiger partial charge on any atom is 0.0438 e. The summed E-state index contributed by atoms with van der Waals surface area (Å²) >= 11 is 0. The van der Waals surface area contributed by atoms with Gasteiger partial charge in [-0.2, -0.15) is 0 Å². The number of anilines is 1. The SMILES string of the molecule is CCC1CN(c2ccc3ccccc3c2)C(C(C)C)CN1. The standard InChI is InChI=1S/C19H26N2/c1-4-17-13-21(19(12-20-17)14(2)3)18-10-9-15-7-5-6-8-16(15)11-18/h5-11,14,17,19-20H,4,12-13H2,1-3H3. The summed E-state index contributed by atoms with van der Waals surface area (Å²) in [4.78, 5) is 2.61. The van der Waals surface area contributed by atoms with Gasteiger partial charge in [0.05, 0.1) is 0 Å². The minimum atomic E-state index is 0.578. The summed E-state index contributed by atoms with van der Waals surface area (Å²) in [5, 5.41) is 6.36. The van der Waals surface area contributed by atoms with E-state index < -0.39 is 0 Å². The normalized spacial score (nSPS) is 23.0. The minimum Gasteiger partial charge on any atom is -0.365 e. The largest absolute Gasteiger partial charge is 0.365 e. The van der Waals surface area contributed by atoms with Crippen molar-refractivity contribution in [2.45, 2.75) is 39.3 Å². The van der Waals surface area contributed by atoms with Crippen LogP contribution in [0.2, 0.25) is 0 Å². The third-order valence-electron chi connectivity index (χ3n) is 4.76. The van der Waals surface area contributed by atoms with Gasteiger partial charge in [-0.05, 0) is 35.2 Å². The summed E-state index contributed by atoms with van der Waals surface area (Å²) in [6, 6.07) is 16.7. The molecular formula is C19H26N2. The number of fused-ring (bicyclic) bond motifs is 1. The van der Waals surface area contributed by atoms with Crippen LogP contribution in [0.5, 0.6) is 0 Å². The molecule has 2 heteroatoms. The van der Waals surface area contributed by atoms with Gasteiger partial charge in [-0.15, -0.1) is 0 Å². The number of nitrogens with zero attached hydrogens (tertiary/aromatic N) is 1. The average molecular weight is 282 g/mol. The lowest BCUT2D eigenvalue weighted by molar-refractivity contribution is 0.333. The van der Waals surface area contributed by atoms with Crippen molar-refractivity contribution in [3.8, 4) is 0 Å². The van der Waals surface area contributed by atoms with Crippen LogP contribution in [-0.4, -0.2) is 25.2 Å². The van der Waals surface area contributed by atoms with Gasteiger partial charge in [0.2, 0.25) is 0 Å². The summed E-state index contributed by atoms with van der Waals surface area (Å²) in [5.74, 6) is 0.654. The van der Waals surface area contributed by atoms with Crippen molar-refractivity contribution in [1.29, 1.82) is 0 Å². The van der Waals surface area contributed by atoms with Crippen LogP contribution in [0, 0.1) is 5.92 Å². The molecule has 1 N–H and O–H groups in total. The van der Waals surface area contributed by atoms with Crippen molar-refractivity contribution in [3.63, 3.8) is 0 Å². The molecule has 2 aromatic carbocycles. The Bertz CT molecular complexity index is 605. The Morgan fingerprint density at radius 2 is 1.90 bits per heavy atom. The van der Waals surface area contributed by atoms with E-state index >= 15 is 0 Å². The molecule has 21 heavy (non-hydrogen) atoms. The average Bonchev–Trinajstić information content (AvgIpc) is 2.53. The Morgan fingerprint density at radius 1 is 1.14 bits per heavy atom. The van der Waals surface area contributed by atoms with Crippen LogP contribution in [0.15, 0.2) is 42.5 Å². The van der Waals surface area contributed by atoms with E-state index in [0.29, 0.717) is 18.0 Å². The number of hydrogen-bond acceptors (Lipinski definition) is 2. The molecule has 0 saturated carbocycles. The van der Waals surface area contributed by atoms with Crippen LogP contribution in [0.4, 0.5) is 5.69 Å². The number of hydrogen-bond donors (Lipinski definition) is 1. The molecule has 2 atom stereocenters. The monoisotopic (exact) mass is 282 g/mol. The van der Waals surface area contributed by atoms with E-state index in [4.69, 9.17) is 0 Å². The molecule has 1 heterocycles. The lowest BCUT2D eigenvalue weighted by Crippen LogP contribution is -2.58. The topological polar surface area (TPSA) is 15.3 Å². The fraction of sp³-hybridized carbons (Fsp3) is 0.474. The number of rotatable bonds is 3. The van der Waals surface area contributed by atoms with Crippen LogP contribution < -0.4 is 10.2 Å². The molecule has 1 aliphatic rings. The Labute approximate surface area is 128 Å². The first-order chi connectivity index (χ1) is 10.2. The van der Waals surface area contributed by atoms with Crippen molar-refractivity contribution in [2.24, 2.45) is 5.92 Å². The van der Waals surface area contributed by atoms with E-state index in [1.165, 1.54) is 22.9 Å². The Kier molecular flexibility index (Phi) is 4.16. The van der Waals surface area contributed by atoms with Gasteiger partial charge in [0.15, 0.2) is 0 Å². The maximum atomic E-state index is 3.70. The molecule has 0 amide bonds. The Balaban J connectivity index is 1.96. The Morgan fingerprint density at radius 3 is 2.62 bits per heavy atom. The quantitative estimate of drug-likeness (QED) is 0.913. The zero-order valence-electron chi connectivity index (χ0n) is 13.3. The predicted octanol–water partition coefficient (Wildman–Crippen LogP) is 4.05. The lowest BCUT2D eigenvalue weighted by Gasteiger charge is -2.44. The van der Waals surface area contributed by atoms with Gasteiger partial charge >= 0.3 is 0 Å². The number of nitrogens with one attached hydrogen (secondary N) is 1. The fourth-order valence-electron chi connectivity index (χ4n) is 3.36. The van der Waals surface area contributed by atoms with Crippen LogP contribution in [-0.2, 0) is 0 Å². The molecule has 2 aromatic rings. The van der Waals surface area contributed by atoms with E-state index in [1.54, 1.807) is 0 Å². The molecule has 2 unspecified atom stereocenters. The first-order valence-corrected chi connectivity index (χ1v) is 8.18. The molecule has 0 radical (unpaired) electrons. The second kappa shape index (κ2) is 6.07. The van der Waals surface area contributed by atoms with Gasteiger partial charge in [0.25, 0.3) is 0 Å². The zero-order valence-corrected chi connectivity index (χ0v) is 13.3.